The van der Waals surface area contributed by atoms with Gasteiger partial charge in [0.15, 0.2) is 5.65 Å². The zero-order valence-electron chi connectivity index (χ0n) is 23.1. The largest absolute Gasteiger partial charge is 0.395 e. The summed E-state index contributed by atoms with van der Waals surface area (Å²) in [5.74, 6) is -3.78. The van der Waals surface area contributed by atoms with E-state index in [-0.39, 0.29) is 42.6 Å². The maximum atomic E-state index is 13.9. The van der Waals surface area contributed by atoms with E-state index in [4.69, 9.17) is 5.11 Å². The number of hydrogen-bond donors (Lipinski definition) is 3. The molecule has 2 aliphatic carbocycles. The van der Waals surface area contributed by atoms with Gasteiger partial charge in [-0.3, -0.25) is 14.3 Å². The maximum Gasteiger partial charge on any atom is 0.289 e. The molecule has 1 amide bonds. The summed E-state index contributed by atoms with van der Waals surface area (Å²) in [5, 5.41) is 11.8. The van der Waals surface area contributed by atoms with Gasteiger partial charge >= 0.3 is 0 Å². The summed E-state index contributed by atoms with van der Waals surface area (Å²) in [6, 6.07) is 5.57. The SMILES string of the molecule is O=C(Nc1cc2nccn2n(C2CCC(F)(F)CC2)c1=O)c1ccc(NS(=O)(=O)CCO)cc1N1CCC2(CC1)CC2. The Morgan fingerprint density at radius 2 is 1.79 bits per heavy atom. The molecule has 1 aliphatic heterocycles. The molecule has 42 heavy (non-hydrogen) atoms. The van der Waals surface area contributed by atoms with Gasteiger partial charge in [-0.15, -0.1) is 0 Å². The Morgan fingerprint density at radius 3 is 2.45 bits per heavy atom. The number of rotatable bonds is 8. The number of alkyl halides is 2. The quantitative estimate of drug-likeness (QED) is 0.357. The van der Waals surface area contributed by atoms with Crippen molar-refractivity contribution in [1.82, 2.24) is 14.2 Å². The number of piperidine rings is 1. The number of aliphatic hydroxyl groups is 1. The number of imidazole rings is 1. The molecule has 2 aromatic heterocycles. The summed E-state index contributed by atoms with van der Waals surface area (Å²) in [6.07, 6.45) is 6.99. The fourth-order valence-electron chi connectivity index (χ4n) is 6.19. The van der Waals surface area contributed by atoms with Crippen LogP contribution in [0.3, 0.4) is 0 Å². The highest BCUT2D eigenvalue weighted by atomic mass is 32.2. The van der Waals surface area contributed by atoms with Gasteiger partial charge in [0.1, 0.15) is 5.69 Å². The second-order valence-corrected chi connectivity index (χ2v) is 13.6. The van der Waals surface area contributed by atoms with Crippen molar-refractivity contribution in [2.45, 2.75) is 63.3 Å². The first kappa shape index (κ1) is 28.6. The lowest BCUT2D eigenvalue weighted by Gasteiger charge is -2.35. The normalized spacial score (nSPS) is 20.1. The van der Waals surface area contributed by atoms with Crippen LogP contribution in [0.25, 0.3) is 5.65 Å². The summed E-state index contributed by atoms with van der Waals surface area (Å²) in [6.45, 7) is 0.872. The Balaban J connectivity index is 1.32. The summed E-state index contributed by atoms with van der Waals surface area (Å²) in [4.78, 5) is 33.7. The Labute approximate surface area is 241 Å². The number of sulfonamides is 1. The van der Waals surface area contributed by atoms with E-state index in [0.29, 0.717) is 29.8 Å². The van der Waals surface area contributed by atoms with Crippen molar-refractivity contribution in [3.8, 4) is 0 Å². The van der Waals surface area contributed by atoms with Crippen LogP contribution in [0.2, 0.25) is 0 Å². The molecule has 0 unspecified atom stereocenters. The molecule has 3 aliphatic rings. The number of nitrogens with one attached hydrogen (secondary N) is 2. The van der Waals surface area contributed by atoms with E-state index in [1.54, 1.807) is 12.3 Å². The fraction of sp³-hybridized carbons (Fsp3) is 0.536. The van der Waals surface area contributed by atoms with Gasteiger partial charge in [-0.05, 0) is 62.1 Å². The summed E-state index contributed by atoms with van der Waals surface area (Å²) in [5.41, 5.74) is 1.27. The van der Waals surface area contributed by atoms with Crippen LogP contribution < -0.4 is 20.5 Å². The molecule has 0 bridgehead atoms. The third kappa shape index (κ3) is 5.74. The fourth-order valence-corrected chi connectivity index (χ4v) is 7.02. The zero-order valence-corrected chi connectivity index (χ0v) is 23.9. The van der Waals surface area contributed by atoms with E-state index in [2.05, 4.69) is 19.9 Å². The molecular weight excluding hydrogens is 570 g/mol. The zero-order chi connectivity index (χ0) is 29.7. The summed E-state index contributed by atoms with van der Waals surface area (Å²) >= 11 is 0. The molecule has 14 heteroatoms. The molecule has 11 nitrogen and oxygen atoms in total. The number of carbonyl (C=O) groups is 1. The van der Waals surface area contributed by atoms with Gasteiger partial charge in [-0.25, -0.2) is 31.4 Å². The number of aromatic nitrogens is 3. The van der Waals surface area contributed by atoms with Crippen LogP contribution in [0, 0.1) is 5.41 Å². The minimum absolute atomic E-state index is 0.0229. The monoisotopic (exact) mass is 604 g/mol. The first-order valence-electron chi connectivity index (χ1n) is 14.3. The molecule has 3 aromatic rings. The molecule has 0 atom stereocenters. The molecule has 3 N–H and O–H groups in total. The predicted octanol–water partition coefficient (Wildman–Crippen LogP) is 3.61. The van der Waals surface area contributed by atoms with Gasteiger partial charge in [0, 0.05) is 44.4 Å². The van der Waals surface area contributed by atoms with E-state index < -0.39 is 45.8 Å². The van der Waals surface area contributed by atoms with Crippen molar-refractivity contribution in [1.29, 1.82) is 0 Å². The van der Waals surface area contributed by atoms with E-state index in [1.165, 1.54) is 46.4 Å². The lowest BCUT2D eigenvalue weighted by atomic mass is 9.92. The van der Waals surface area contributed by atoms with Crippen LogP contribution >= 0.6 is 0 Å². The van der Waals surface area contributed by atoms with Crippen LogP contribution in [0.5, 0.6) is 0 Å². The lowest BCUT2D eigenvalue weighted by Crippen LogP contribution is -2.37. The Kier molecular flexibility index (Phi) is 7.24. The molecular formula is C28H34F2N6O5S. The first-order chi connectivity index (χ1) is 20.0. The molecule has 0 radical (unpaired) electrons. The van der Waals surface area contributed by atoms with Crippen molar-refractivity contribution < 1.29 is 27.1 Å². The number of carbonyl (C=O) groups excluding carboxylic acids is 1. The van der Waals surface area contributed by atoms with Gasteiger partial charge in [-0.2, -0.15) is 0 Å². The minimum Gasteiger partial charge on any atom is -0.395 e. The number of aliphatic hydroxyl groups excluding tert-OH is 1. The molecule has 6 rings (SSSR count). The molecule has 226 valence electrons. The molecule has 3 fully saturated rings. The van der Waals surface area contributed by atoms with Crippen LogP contribution in [-0.4, -0.2) is 65.0 Å². The minimum atomic E-state index is -3.79. The van der Waals surface area contributed by atoms with Crippen LogP contribution in [0.1, 0.15) is 67.8 Å². The second-order valence-electron chi connectivity index (χ2n) is 11.7. The van der Waals surface area contributed by atoms with E-state index in [1.807, 2.05) is 0 Å². The molecule has 1 aromatic carbocycles. The van der Waals surface area contributed by atoms with E-state index >= 15 is 0 Å². The highest BCUT2D eigenvalue weighted by Gasteiger charge is 2.44. The standard InChI is InChI=1S/C28H34F2N6O5S/c29-28(30)5-3-20(4-6-28)36-26(39)22(18-24-31-11-14-35(24)36)32-25(38)21-2-1-19(33-42(40,41)16-15-37)17-23(21)34-12-9-27(7-8-27)10-13-34/h1-2,11,14,17-18,20,33,37H,3-10,12-13,15-16H2,(H,32,38). The molecule has 2 saturated carbocycles. The summed E-state index contributed by atoms with van der Waals surface area (Å²) < 4.78 is 57.7. The number of nitrogens with zero attached hydrogens (tertiary/aromatic N) is 4. The topological polar surface area (TPSA) is 138 Å². The average molecular weight is 605 g/mol. The van der Waals surface area contributed by atoms with Crippen molar-refractivity contribution in [2.24, 2.45) is 5.41 Å². The Morgan fingerprint density at radius 1 is 1.07 bits per heavy atom. The molecule has 1 saturated heterocycles. The van der Waals surface area contributed by atoms with Crippen molar-refractivity contribution in [2.75, 3.05) is 40.4 Å². The predicted molar refractivity (Wildman–Crippen MR) is 154 cm³/mol. The highest BCUT2D eigenvalue weighted by Crippen LogP contribution is 2.54. The van der Waals surface area contributed by atoms with Crippen LogP contribution in [0.4, 0.5) is 25.8 Å². The van der Waals surface area contributed by atoms with Crippen LogP contribution in [0.15, 0.2) is 41.5 Å². The number of fused-ring (bicyclic) bond motifs is 1. The van der Waals surface area contributed by atoms with Crippen molar-refractivity contribution in [3.05, 3.63) is 52.6 Å². The number of hydrogen-bond acceptors (Lipinski definition) is 7. The van der Waals surface area contributed by atoms with Crippen molar-refractivity contribution >= 4 is 38.6 Å². The highest BCUT2D eigenvalue weighted by molar-refractivity contribution is 7.92. The molecule has 1 spiro atoms. The van der Waals surface area contributed by atoms with Gasteiger partial charge in [0.25, 0.3) is 11.5 Å². The Hall–Kier alpha value is -3.52. The second kappa shape index (κ2) is 10.6. The van der Waals surface area contributed by atoms with Crippen molar-refractivity contribution in [3.63, 3.8) is 0 Å². The number of halogens is 2. The number of benzene rings is 1. The third-order valence-electron chi connectivity index (χ3n) is 8.87. The number of anilines is 3. The van der Waals surface area contributed by atoms with Gasteiger partial charge in [-0.1, -0.05) is 0 Å². The van der Waals surface area contributed by atoms with Gasteiger partial charge in [0.05, 0.1) is 35.3 Å². The van der Waals surface area contributed by atoms with Gasteiger partial charge < -0.3 is 15.3 Å². The maximum absolute atomic E-state index is 13.9. The van der Waals surface area contributed by atoms with E-state index in [0.717, 1.165) is 12.8 Å². The summed E-state index contributed by atoms with van der Waals surface area (Å²) in [7, 11) is -3.79. The first-order valence-corrected chi connectivity index (χ1v) is 15.9. The average Bonchev–Trinajstić information content (AvgIpc) is 3.52. The van der Waals surface area contributed by atoms with Crippen LogP contribution in [-0.2, 0) is 10.0 Å². The van der Waals surface area contributed by atoms with E-state index in [9.17, 15) is 26.8 Å². The third-order valence-corrected chi connectivity index (χ3v) is 10.1. The smallest absolute Gasteiger partial charge is 0.289 e. The lowest BCUT2D eigenvalue weighted by molar-refractivity contribution is -0.0457. The number of amides is 1. The van der Waals surface area contributed by atoms with Gasteiger partial charge in [0.2, 0.25) is 15.9 Å². The molecule has 3 heterocycles. The Bertz CT molecular complexity index is 1660.